The molecule has 0 aromatic heterocycles. The highest BCUT2D eigenvalue weighted by Crippen LogP contribution is 2.26. The largest absolute Gasteiger partial charge is 0.314 e. The summed E-state index contributed by atoms with van der Waals surface area (Å²) < 4.78 is 0. The maximum Gasteiger partial charge on any atom is 0.0113 e. The van der Waals surface area contributed by atoms with Crippen molar-refractivity contribution in [2.45, 2.75) is 84.3 Å². The topological polar surface area (TPSA) is 15.3 Å². The molecule has 1 aliphatic carbocycles. The Balaban J connectivity index is 2.37. The van der Waals surface area contributed by atoms with Gasteiger partial charge in [0.25, 0.3) is 0 Å². The molecule has 0 bridgehead atoms. The van der Waals surface area contributed by atoms with Crippen LogP contribution in [0.1, 0.15) is 66.2 Å². The number of hydrogen-bond donors (Lipinski definition) is 1. The second kappa shape index (κ2) is 8.10. The van der Waals surface area contributed by atoms with E-state index in [-0.39, 0.29) is 0 Å². The lowest BCUT2D eigenvalue weighted by atomic mass is 10.1. The van der Waals surface area contributed by atoms with Crippen molar-refractivity contribution in [2.75, 3.05) is 13.1 Å². The second-order valence-corrected chi connectivity index (χ2v) is 5.76. The van der Waals surface area contributed by atoms with Crippen molar-refractivity contribution < 1.29 is 0 Å². The van der Waals surface area contributed by atoms with Crippen molar-refractivity contribution in [2.24, 2.45) is 0 Å². The van der Waals surface area contributed by atoms with E-state index in [1.165, 1.54) is 45.1 Å². The summed E-state index contributed by atoms with van der Waals surface area (Å²) in [6.07, 6.45) is 8.20. The zero-order chi connectivity index (χ0) is 12.7. The predicted molar refractivity (Wildman–Crippen MR) is 76.5 cm³/mol. The maximum absolute atomic E-state index is 3.61. The van der Waals surface area contributed by atoms with E-state index in [1.807, 2.05) is 0 Å². The molecule has 102 valence electrons. The number of hydrogen-bond acceptors (Lipinski definition) is 2. The molecule has 2 unspecified atom stereocenters. The van der Waals surface area contributed by atoms with E-state index >= 15 is 0 Å². The lowest BCUT2D eigenvalue weighted by molar-refractivity contribution is 0.150. The van der Waals surface area contributed by atoms with Crippen LogP contribution in [-0.2, 0) is 0 Å². The lowest BCUT2D eigenvalue weighted by Gasteiger charge is -2.33. The van der Waals surface area contributed by atoms with Gasteiger partial charge in [0.05, 0.1) is 0 Å². The minimum atomic E-state index is 0.706. The molecule has 0 aromatic rings. The molecule has 0 amide bonds. The van der Waals surface area contributed by atoms with E-state index in [0.717, 1.165) is 18.6 Å². The van der Waals surface area contributed by atoms with E-state index in [2.05, 4.69) is 37.9 Å². The van der Waals surface area contributed by atoms with Crippen LogP contribution in [0.4, 0.5) is 0 Å². The van der Waals surface area contributed by atoms with Gasteiger partial charge >= 0.3 is 0 Å². The normalized spacial score (nSPS) is 25.1. The predicted octanol–water partition coefficient (Wildman–Crippen LogP) is 3.42. The summed E-state index contributed by atoms with van der Waals surface area (Å²) in [5.74, 6) is 0. The molecule has 1 saturated carbocycles. The van der Waals surface area contributed by atoms with Gasteiger partial charge in [-0.25, -0.2) is 0 Å². The standard InChI is InChI=1S/C15H32N2/c1-5-7-8-11-17(13(3)4)15-10-9-14(12-15)16-6-2/h13-16H,5-12H2,1-4H3. The lowest BCUT2D eigenvalue weighted by Crippen LogP contribution is -2.40. The van der Waals surface area contributed by atoms with E-state index in [1.54, 1.807) is 0 Å². The van der Waals surface area contributed by atoms with Gasteiger partial charge in [-0.1, -0.05) is 26.7 Å². The Morgan fingerprint density at radius 1 is 1.18 bits per heavy atom. The Kier molecular flexibility index (Phi) is 7.14. The van der Waals surface area contributed by atoms with Crippen LogP contribution in [0.3, 0.4) is 0 Å². The summed E-state index contributed by atoms with van der Waals surface area (Å²) in [5, 5.41) is 3.61. The van der Waals surface area contributed by atoms with E-state index < -0.39 is 0 Å². The van der Waals surface area contributed by atoms with Crippen molar-refractivity contribution >= 4 is 0 Å². The van der Waals surface area contributed by atoms with Crippen LogP contribution in [0.25, 0.3) is 0 Å². The van der Waals surface area contributed by atoms with Crippen LogP contribution in [0, 0.1) is 0 Å². The maximum atomic E-state index is 3.61. The van der Waals surface area contributed by atoms with Crippen molar-refractivity contribution in [3.05, 3.63) is 0 Å². The van der Waals surface area contributed by atoms with Crippen LogP contribution >= 0.6 is 0 Å². The van der Waals surface area contributed by atoms with Gasteiger partial charge in [0.15, 0.2) is 0 Å². The molecule has 0 aromatic carbocycles. The molecule has 2 atom stereocenters. The molecule has 2 nitrogen and oxygen atoms in total. The van der Waals surface area contributed by atoms with Crippen LogP contribution in [-0.4, -0.2) is 36.1 Å². The molecular weight excluding hydrogens is 208 g/mol. The van der Waals surface area contributed by atoms with Gasteiger partial charge in [-0.05, 0) is 52.6 Å². The van der Waals surface area contributed by atoms with Crippen LogP contribution < -0.4 is 5.32 Å². The molecule has 1 N–H and O–H groups in total. The fraction of sp³-hybridized carbons (Fsp3) is 1.00. The fourth-order valence-corrected chi connectivity index (χ4v) is 3.14. The minimum Gasteiger partial charge on any atom is -0.314 e. The third kappa shape index (κ3) is 4.97. The average Bonchev–Trinajstić information content (AvgIpc) is 2.73. The average molecular weight is 240 g/mol. The highest BCUT2D eigenvalue weighted by Gasteiger charge is 2.29. The molecule has 1 aliphatic rings. The summed E-state index contributed by atoms with van der Waals surface area (Å²) >= 11 is 0. The highest BCUT2D eigenvalue weighted by molar-refractivity contribution is 4.87. The summed E-state index contributed by atoms with van der Waals surface area (Å²) in [6.45, 7) is 11.6. The second-order valence-electron chi connectivity index (χ2n) is 5.76. The molecule has 0 saturated heterocycles. The van der Waals surface area contributed by atoms with Crippen LogP contribution in [0.15, 0.2) is 0 Å². The first-order chi connectivity index (χ1) is 8.19. The SMILES string of the molecule is CCCCCN(C(C)C)C1CCC(NCC)C1. The first-order valence-electron chi connectivity index (χ1n) is 7.68. The molecule has 1 fully saturated rings. The summed E-state index contributed by atoms with van der Waals surface area (Å²) in [4.78, 5) is 2.74. The first-order valence-corrected chi connectivity index (χ1v) is 7.68. The van der Waals surface area contributed by atoms with Gasteiger partial charge in [-0.3, -0.25) is 4.90 Å². The number of unbranched alkanes of at least 4 members (excludes halogenated alkanes) is 2. The third-order valence-corrected chi connectivity index (χ3v) is 4.05. The molecule has 2 heteroatoms. The van der Waals surface area contributed by atoms with Crippen molar-refractivity contribution in [1.82, 2.24) is 10.2 Å². The first kappa shape index (κ1) is 15.0. The molecule has 0 heterocycles. The molecule has 0 spiro atoms. The van der Waals surface area contributed by atoms with Crippen molar-refractivity contribution in [1.29, 1.82) is 0 Å². The third-order valence-electron chi connectivity index (χ3n) is 4.05. The minimum absolute atomic E-state index is 0.706. The summed E-state index contributed by atoms with van der Waals surface area (Å²) in [6, 6.07) is 2.31. The number of nitrogens with zero attached hydrogens (tertiary/aromatic N) is 1. The number of rotatable bonds is 8. The van der Waals surface area contributed by atoms with Gasteiger partial charge in [-0.2, -0.15) is 0 Å². The Bertz CT molecular complexity index is 191. The monoisotopic (exact) mass is 240 g/mol. The summed E-state index contributed by atoms with van der Waals surface area (Å²) in [5.41, 5.74) is 0. The van der Waals surface area contributed by atoms with E-state index in [9.17, 15) is 0 Å². The smallest absolute Gasteiger partial charge is 0.0113 e. The van der Waals surface area contributed by atoms with E-state index in [0.29, 0.717) is 6.04 Å². The molecule has 17 heavy (non-hydrogen) atoms. The van der Waals surface area contributed by atoms with Crippen molar-refractivity contribution in [3.63, 3.8) is 0 Å². The number of nitrogens with one attached hydrogen (secondary N) is 1. The van der Waals surface area contributed by atoms with Gasteiger partial charge < -0.3 is 5.32 Å². The van der Waals surface area contributed by atoms with Crippen molar-refractivity contribution in [3.8, 4) is 0 Å². The Hall–Kier alpha value is -0.0800. The zero-order valence-corrected chi connectivity index (χ0v) is 12.3. The van der Waals surface area contributed by atoms with Gasteiger partial charge in [0.2, 0.25) is 0 Å². The molecule has 1 rings (SSSR count). The van der Waals surface area contributed by atoms with Gasteiger partial charge in [-0.15, -0.1) is 0 Å². The highest BCUT2D eigenvalue weighted by atomic mass is 15.2. The van der Waals surface area contributed by atoms with E-state index in [4.69, 9.17) is 0 Å². The zero-order valence-electron chi connectivity index (χ0n) is 12.3. The fourth-order valence-electron chi connectivity index (χ4n) is 3.14. The Morgan fingerprint density at radius 2 is 1.94 bits per heavy atom. The molecule has 0 radical (unpaired) electrons. The Labute approximate surface area is 108 Å². The Morgan fingerprint density at radius 3 is 2.53 bits per heavy atom. The molecular formula is C15H32N2. The van der Waals surface area contributed by atoms with Gasteiger partial charge in [0.1, 0.15) is 0 Å². The van der Waals surface area contributed by atoms with Crippen LogP contribution in [0.2, 0.25) is 0 Å². The van der Waals surface area contributed by atoms with Crippen LogP contribution in [0.5, 0.6) is 0 Å². The van der Waals surface area contributed by atoms with Gasteiger partial charge in [0, 0.05) is 18.1 Å². The molecule has 0 aliphatic heterocycles. The quantitative estimate of drug-likeness (QED) is 0.654. The summed E-state index contributed by atoms with van der Waals surface area (Å²) in [7, 11) is 0.